The van der Waals surface area contributed by atoms with Gasteiger partial charge in [0, 0.05) is 0 Å². The molecule has 1 heterocycles. The lowest BCUT2D eigenvalue weighted by atomic mass is 9.89. The van der Waals surface area contributed by atoms with Crippen molar-refractivity contribution in [2.75, 3.05) is 25.9 Å². The first kappa shape index (κ1) is 16.7. The van der Waals surface area contributed by atoms with Gasteiger partial charge in [-0.25, -0.2) is 9.93 Å². The van der Waals surface area contributed by atoms with Crippen molar-refractivity contribution < 1.29 is 0 Å². The number of thiol groups is 2. The van der Waals surface area contributed by atoms with Gasteiger partial charge in [0.15, 0.2) is 0 Å². The first-order valence-electron chi connectivity index (χ1n) is 7.52. The monoisotopic (exact) mass is 291 g/mol. The van der Waals surface area contributed by atoms with Crippen molar-refractivity contribution in [3.05, 3.63) is 0 Å². The molecule has 18 heavy (non-hydrogen) atoms. The Morgan fingerprint density at radius 2 is 1.72 bits per heavy atom. The van der Waals surface area contributed by atoms with Gasteiger partial charge < -0.3 is 4.90 Å². The van der Waals surface area contributed by atoms with Crippen LogP contribution in [0.4, 0.5) is 0 Å². The highest BCUT2D eigenvalue weighted by Crippen LogP contribution is 2.37. The molecular formula is C15H33NS2. The molecule has 1 unspecified atom stereocenters. The SMILES string of the molecule is C[SH](S)C1CCN(CCCCCC(C)(C)C)CC1. The minimum Gasteiger partial charge on any atom is -0.303 e. The summed E-state index contributed by atoms with van der Waals surface area (Å²) in [6.07, 6.45) is 10.6. The Bertz CT molecular complexity index is 215. The van der Waals surface area contributed by atoms with E-state index in [2.05, 4.69) is 43.6 Å². The largest absolute Gasteiger partial charge is 0.303 e. The van der Waals surface area contributed by atoms with Crippen LogP contribution in [0.3, 0.4) is 0 Å². The lowest BCUT2D eigenvalue weighted by Gasteiger charge is -2.34. The molecule has 1 aliphatic heterocycles. The van der Waals surface area contributed by atoms with Gasteiger partial charge in [-0.05, 0) is 62.2 Å². The molecule has 0 amide bonds. The summed E-state index contributed by atoms with van der Waals surface area (Å²) in [5.41, 5.74) is 0.517. The molecular weight excluding hydrogens is 258 g/mol. The van der Waals surface area contributed by atoms with E-state index in [4.69, 9.17) is 0 Å². The normalized spacial score (nSPS) is 22.2. The van der Waals surface area contributed by atoms with Crippen molar-refractivity contribution in [1.29, 1.82) is 0 Å². The maximum atomic E-state index is 4.64. The van der Waals surface area contributed by atoms with Crippen LogP contribution in [0.1, 0.15) is 59.3 Å². The third-order valence-corrected chi connectivity index (χ3v) is 6.54. The number of hydrogen-bond donors (Lipinski definition) is 2. The molecule has 0 bridgehead atoms. The third-order valence-electron chi connectivity index (χ3n) is 3.99. The molecule has 1 fully saturated rings. The van der Waals surface area contributed by atoms with Crippen LogP contribution in [0.25, 0.3) is 0 Å². The minimum atomic E-state index is -0.00163. The summed E-state index contributed by atoms with van der Waals surface area (Å²) in [7, 11) is -0.00163. The second kappa shape index (κ2) is 8.06. The van der Waals surface area contributed by atoms with Gasteiger partial charge in [0.25, 0.3) is 0 Å². The molecule has 0 spiro atoms. The van der Waals surface area contributed by atoms with Crippen molar-refractivity contribution in [2.45, 2.75) is 64.5 Å². The average molecular weight is 292 g/mol. The fourth-order valence-corrected chi connectivity index (χ4v) is 4.36. The lowest BCUT2D eigenvalue weighted by molar-refractivity contribution is 0.226. The fourth-order valence-electron chi connectivity index (χ4n) is 2.68. The van der Waals surface area contributed by atoms with Gasteiger partial charge >= 0.3 is 0 Å². The highest BCUT2D eigenvalue weighted by Gasteiger charge is 2.20. The van der Waals surface area contributed by atoms with Crippen LogP contribution in [0, 0.1) is 5.41 Å². The molecule has 110 valence electrons. The van der Waals surface area contributed by atoms with Gasteiger partial charge in [-0.1, -0.05) is 33.6 Å². The fraction of sp³-hybridized carbons (Fsp3) is 1.00. The van der Waals surface area contributed by atoms with Gasteiger partial charge in [-0.15, -0.1) is 11.7 Å². The summed E-state index contributed by atoms with van der Waals surface area (Å²) in [6, 6.07) is 0. The van der Waals surface area contributed by atoms with E-state index in [1.54, 1.807) is 0 Å². The zero-order chi connectivity index (χ0) is 13.6. The van der Waals surface area contributed by atoms with E-state index in [9.17, 15) is 0 Å². The molecule has 0 aliphatic carbocycles. The number of likely N-dealkylation sites (tertiary alicyclic amines) is 1. The maximum absolute atomic E-state index is 4.64. The Morgan fingerprint density at radius 3 is 2.22 bits per heavy atom. The van der Waals surface area contributed by atoms with Gasteiger partial charge in [0.2, 0.25) is 0 Å². The molecule has 0 aromatic heterocycles. The summed E-state index contributed by atoms with van der Waals surface area (Å²) >= 11 is 4.64. The summed E-state index contributed by atoms with van der Waals surface area (Å²) in [5.74, 6) is 0. The number of nitrogens with zero attached hydrogens (tertiary/aromatic N) is 1. The number of piperidine rings is 1. The zero-order valence-electron chi connectivity index (χ0n) is 12.8. The third kappa shape index (κ3) is 7.30. The highest BCUT2D eigenvalue weighted by atomic mass is 33.1. The first-order chi connectivity index (χ1) is 8.38. The molecule has 0 radical (unpaired) electrons. The molecule has 0 saturated carbocycles. The second-order valence-electron chi connectivity index (χ2n) is 7.02. The Labute approximate surface area is 122 Å². The van der Waals surface area contributed by atoms with Crippen molar-refractivity contribution in [3.8, 4) is 0 Å². The van der Waals surface area contributed by atoms with Crippen LogP contribution in [0.15, 0.2) is 0 Å². The standard InChI is InChI=1S/C15H33NS2/c1-15(2,3)10-6-5-7-11-16-12-8-14(9-13-16)18(4)17/h14,17-18H,5-13H2,1-4H3. The lowest BCUT2D eigenvalue weighted by Crippen LogP contribution is -2.36. The predicted octanol–water partition coefficient (Wildman–Crippen LogP) is 4.53. The predicted molar refractivity (Wildman–Crippen MR) is 91.3 cm³/mol. The van der Waals surface area contributed by atoms with Crippen molar-refractivity contribution in [2.24, 2.45) is 5.41 Å². The second-order valence-corrected chi connectivity index (χ2v) is 10.8. The molecule has 1 atom stereocenters. The first-order valence-corrected chi connectivity index (χ1v) is 10.5. The van der Waals surface area contributed by atoms with Crippen LogP contribution in [0.5, 0.6) is 0 Å². The topological polar surface area (TPSA) is 3.24 Å². The van der Waals surface area contributed by atoms with Crippen molar-refractivity contribution in [3.63, 3.8) is 0 Å². The highest BCUT2D eigenvalue weighted by molar-refractivity contribution is 8.78. The molecule has 0 aromatic rings. The number of unbranched alkanes of at least 4 members (excludes halogenated alkanes) is 2. The maximum Gasteiger partial charge on any atom is -0.000854 e. The Hall–Kier alpha value is 0.660. The minimum absolute atomic E-state index is 0.00163. The van der Waals surface area contributed by atoms with Crippen LogP contribution in [-0.4, -0.2) is 36.0 Å². The molecule has 0 aromatic carbocycles. The van der Waals surface area contributed by atoms with E-state index in [1.807, 2.05) is 0 Å². The van der Waals surface area contributed by atoms with E-state index in [0.717, 1.165) is 5.25 Å². The van der Waals surface area contributed by atoms with Crippen LogP contribution in [0.2, 0.25) is 0 Å². The van der Waals surface area contributed by atoms with E-state index in [-0.39, 0.29) is 9.93 Å². The van der Waals surface area contributed by atoms with E-state index in [0.29, 0.717) is 5.41 Å². The molecule has 3 heteroatoms. The molecule has 1 saturated heterocycles. The van der Waals surface area contributed by atoms with Crippen LogP contribution < -0.4 is 0 Å². The molecule has 1 aliphatic rings. The molecule has 1 rings (SSSR count). The quantitative estimate of drug-likeness (QED) is 0.413. The summed E-state index contributed by atoms with van der Waals surface area (Å²) in [5, 5.41) is 0.917. The van der Waals surface area contributed by atoms with Gasteiger partial charge in [-0.2, -0.15) is 0 Å². The van der Waals surface area contributed by atoms with E-state index >= 15 is 0 Å². The molecule has 0 N–H and O–H groups in total. The number of rotatable bonds is 6. The average Bonchev–Trinajstić information content (AvgIpc) is 2.27. The van der Waals surface area contributed by atoms with E-state index in [1.165, 1.54) is 58.2 Å². The van der Waals surface area contributed by atoms with E-state index < -0.39 is 0 Å². The zero-order valence-corrected chi connectivity index (χ0v) is 14.6. The van der Waals surface area contributed by atoms with Gasteiger partial charge in [0.05, 0.1) is 0 Å². The van der Waals surface area contributed by atoms with Gasteiger partial charge in [-0.3, -0.25) is 0 Å². The van der Waals surface area contributed by atoms with Crippen LogP contribution in [-0.2, 0) is 0 Å². The smallest absolute Gasteiger partial charge is 0.000854 e. The summed E-state index contributed by atoms with van der Waals surface area (Å²) in [6.45, 7) is 11.0. The summed E-state index contributed by atoms with van der Waals surface area (Å²) in [4.78, 5) is 2.67. The Balaban J connectivity index is 2.01. The van der Waals surface area contributed by atoms with Crippen molar-refractivity contribution in [1.82, 2.24) is 4.90 Å². The van der Waals surface area contributed by atoms with Crippen LogP contribution >= 0.6 is 21.6 Å². The Morgan fingerprint density at radius 1 is 1.11 bits per heavy atom. The van der Waals surface area contributed by atoms with Crippen molar-refractivity contribution >= 4 is 21.6 Å². The molecule has 1 nitrogen and oxygen atoms in total. The number of hydrogen-bond acceptors (Lipinski definition) is 2. The van der Waals surface area contributed by atoms with Gasteiger partial charge in [0.1, 0.15) is 0 Å². The summed E-state index contributed by atoms with van der Waals surface area (Å²) < 4.78 is 0. The Kier molecular flexibility index (Phi) is 7.48.